The maximum absolute atomic E-state index is 12.4. The second kappa shape index (κ2) is 7.39. The molecule has 1 aliphatic rings. The number of nitrogens with one attached hydrogen (secondary N) is 2. The molecule has 2 heterocycles. The van der Waals surface area contributed by atoms with Crippen LogP contribution >= 0.6 is 0 Å². The lowest BCUT2D eigenvalue weighted by Crippen LogP contribution is -2.24. The zero-order valence-corrected chi connectivity index (χ0v) is 15.0. The first-order valence-electron chi connectivity index (χ1n) is 8.56. The number of anilines is 2. The summed E-state index contributed by atoms with van der Waals surface area (Å²) in [7, 11) is 0. The van der Waals surface area contributed by atoms with Crippen molar-refractivity contribution in [1.82, 2.24) is 14.8 Å². The molecule has 0 unspecified atom stereocenters. The van der Waals surface area contributed by atoms with E-state index in [4.69, 9.17) is 9.47 Å². The van der Waals surface area contributed by atoms with Gasteiger partial charge in [0.1, 0.15) is 18.7 Å². The van der Waals surface area contributed by atoms with Gasteiger partial charge in [-0.05, 0) is 49.4 Å². The summed E-state index contributed by atoms with van der Waals surface area (Å²) in [6.07, 6.45) is 2.86. The Balaban J connectivity index is 1.38. The van der Waals surface area contributed by atoms with E-state index in [0.29, 0.717) is 28.4 Å². The summed E-state index contributed by atoms with van der Waals surface area (Å²) < 4.78 is 12.0. The zero-order chi connectivity index (χ0) is 19.5. The fourth-order valence-electron chi connectivity index (χ4n) is 2.66. The van der Waals surface area contributed by atoms with Gasteiger partial charge in [0.15, 0.2) is 11.5 Å². The second-order valence-electron chi connectivity index (χ2n) is 6.14. The van der Waals surface area contributed by atoms with Gasteiger partial charge in [-0.15, -0.1) is 0 Å². The largest absolute Gasteiger partial charge is 0.454 e. The topological polar surface area (TPSA) is 107 Å². The number of fused-ring (bicyclic) bond motifs is 1. The molecule has 2 aromatic carbocycles. The van der Waals surface area contributed by atoms with Gasteiger partial charge >= 0.3 is 0 Å². The summed E-state index contributed by atoms with van der Waals surface area (Å²) in [6, 6.07) is 11.4. The highest BCUT2D eigenvalue weighted by Gasteiger charge is 2.17. The van der Waals surface area contributed by atoms with Crippen LogP contribution in [0, 0.1) is 0 Å². The minimum absolute atomic E-state index is 0.156. The molecule has 9 nitrogen and oxygen atoms in total. The van der Waals surface area contributed by atoms with Crippen LogP contribution in [0.3, 0.4) is 0 Å². The first kappa shape index (κ1) is 17.5. The molecule has 9 heteroatoms. The Morgan fingerprint density at radius 2 is 1.75 bits per heavy atom. The van der Waals surface area contributed by atoms with E-state index in [2.05, 4.69) is 20.7 Å². The van der Waals surface area contributed by atoms with Crippen LogP contribution in [0.4, 0.5) is 11.4 Å². The molecule has 142 valence electrons. The summed E-state index contributed by atoms with van der Waals surface area (Å²) in [5.74, 6) is 0.682. The monoisotopic (exact) mass is 379 g/mol. The highest BCUT2D eigenvalue weighted by Crippen LogP contribution is 2.32. The third-order valence-electron chi connectivity index (χ3n) is 4.26. The standard InChI is InChI=1S/C19H17N5O4/c1-12(24-10-20-9-21-24)18(25)22-14-3-5-15(6-4-14)23-19(26)13-2-7-16-17(8-13)28-11-27-16/h2-10,12H,11H2,1H3,(H,22,25)(H,23,26)/t12-/m0/s1. The van der Waals surface area contributed by atoms with Crippen LogP contribution in [-0.2, 0) is 4.79 Å². The maximum atomic E-state index is 12.4. The summed E-state index contributed by atoms with van der Waals surface area (Å²) in [5.41, 5.74) is 1.67. The summed E-state index contributed by atoms with van der Waals surface area (Å²) in [5, 5.41) is 9.56. The number of hydrogen-bond acceptors (Lipinski definition) is 6. The van der Waals surface area contributed by atoms with E-state index in [9.17, 15) is 9.59 Å². The summed E-state index contributed by atoms with van der Waals surface area (Å²) >= 11 is 0. The first-order valence-corrected chi connectivity index (χ1v) is 8.56. The van der Waals surface area contributed by atoms with E-state index in [1.165, 1.54) is 17.3 Å². The van der Waals surface area contributed by atoms with Crippen molar-refractivity contribution in [2.75, 3.05) is 17.4 Å². The van der Waals surface area contributed by atoms with Crippen molar-refractivity contribution in [3.63, 3.8) is 0 Å². The predicted molar refractivity (Wildman–Crippen MR) is 100 cm³/mol. The summed E-state index contributed by atoms with van der Waals surface area (Å²) in [6.45, 7) is 1.88. The molecule has 4 rings (SSSR count). The van der Waals surface area contributed by atoms with Crippen LogP contribution in [0.2, 0.25) is 0 Å². The highest BCUT2D eigenvalue weighted by molar-refractivity contribution is 6.04. The fourth-order valence-corrected chi connectivity index (χ4v) is 2.66. The van der Waals surface area contributed by atoms with Crippen LogP contribution in [0.1, 0.15) is 23.3 Å². The lowest BCUT2D eigenvalue weighted by atomic mass is 10.2. The van der Waals surface area contributed by atoms with Crippen LogP contribution < -0.4 is 20.1 Å². The number of ether oxygens (including phenoxy) is 2. The van der Waals surface area contributed by atoms with Crippen LogP contribution in [0.5, 0.6) is 11.5 Å². The maximum Gasteiger partial charge on any atom is 0.255 e. The van der Waals surface area contributed by atoms with Gasteiger partial charge in [-0.3, -0.25) is 9.59 Å². The Morgan fingerprint density at radius 1 is 1.04 bits per heavy atom. The SMILES string of the molecule is C[C@@H](C(=O)Nc1ccc(NC(=O)c2ccc3c(c2)OCO3)cc1)n1cncn1. The third kappa shape index (κ3) is 3.63. The quantitative estimate of drug-likeness (QED) is 0.705. The van der Waals surface area contributed by atoms with Crippen molar-refractivity contribution in [2.45, 2.75) is 13.0 Å². The number of carbonyl (C=O) groups is 2. The number of amides is 2. The minimum atomic E-state index is -0.493. The number of nitrogens with zero attached hydrogens (tertiary/aromatic N) is 3. The average Bonchev–Trinajstić information content (AvgIpc) is 3.40. The van der Waals surface area contributed by atoms with Gasteiger partial charge in [0.05, 0.1) is 0 Å². The summed E-state index contributed by atoms with van der Waals surface area (Å²) in [4.78, 5) is 28.5. The van der Waals surface area contributed by atoms with E-state index in [0.717, 1.165) is 0 Å². The molecule has 0 bridgehead atoms. The lowest BCUT2D eigenvalue weighted by Gasteiger charge is -2.12. The molecule has 1 atom stereocenters. The molecule has 0 spiro atoms. The van der Waals surface area contributed by atoms with Crippen molar-refractivity contribution in [3.8, 4) is 11.5 Å². The number of hydrogen-bond donors (Lipinski definition) is 2. The molecule has 0 aliphatic carbocycles. The van der Waals surface area contributed by atoms with E-state index >= 15 is 0 Å². The molecular formula is C19H17N5O4. The minimum Gasteiger partial charge on any atom is -0.454 e. The molecular weight excluding hydrogens is 362 g/mol. The van der Waals surface area contributed by atoms with Gasteiger partial charge in [0.2, 0.25) is 12.7 Å². The van der Waals surface area contributed by atoms with Crippen LogP contribution in [-0.4, -0.2) is 33.4 Å². The second-order valence-corrected chi connectivity index (χ2v) is 6.14. The Morgan fingerprint density at radius 3 is 2.46 bits per heavy atom. The molecule has 2 amide bonds. The fraction of sp³-hybridized carbons (Fsp3) is 0.158. The van der Waals surface area contributed by atoms with E-state index in [1.54, 1.807) is 49.4 Å². The smallest absolute Gasteiger partial charge is 0.255 e. The molecule has 1 aromatic heterocycles. The number of rotatable bonds is 5. The average molecular weight is 379 g/mol. The number of benzene rings is 2. The van der Waals surface area contributed by atoms with Gasteiger partial charge in [-0.1, -0.05) is 0 Å². The van der Waals surface area contributed by atoms with Gasteiger partial charge < -0.3 is 20.1 Å². The van der Waals surface area contributed by atoms with Gasteiger partial charge in [-0.2, -0.15) is 5.10 Å². The van der Waals surface area contributed by atoms with Crippen molar-refractivity contribution in [2.24, 2.45) is 0 Å². The molecule has 0 saturated heterocycles. The van der Waals surface area contributed by atoms with Gasteiger partial charge in [0.25, 0.3) is 5.91 Å². The normalized spacial score (nSPS) is 13.0. The number of carbonyl (C=O) groups excluding carboxylic acids is 2. The van der Waals surface area contributed by atoms with Crippen molar-refractivity contribution in [3.05, 3.63) is 60.7 Å². The van der Waals surface area contributed by atoms with E-state index in [1.807, 2.05) is 0 Å². The molecule has 0 saturated carbocycles. The third-order valence-corrected chi connectivity index (χ3v) is 4.26. The Bertz CT molecular complexity index is 1000. The Labute approximate surface area is 160 Å². The molecule has 1 aliphatic heterocycles. The molecule has 28 heavy (non-hydrogen) atoms. The number of aromatic nitrogens is 3. The molecule has 2 N–H and O–H groups in total. The van der Waals surface area contributed by atoms with Crippen LogP contribution in [0.25, 0.3) is 0 Å². The predicted octanol–water partition coefficient (Wildman–Crippen LogP) is 2.46. The van der Waals surface area contributed by atoms with Crippen LogP contribution in [0.15, 0.2) is 55.1 Å². The molecule has 0 radical (unpaired) electrons. The van der Waals surface area contributed by atoms with E-state index in [-0.39, 0.29) is 18.6 Å². The van der Waals surface area contributed by atoms with Gasteiger partial charge in [-0.25, -0.2) is 9.67 Å². The Kier molecular flexibility index (Phi) is 4.63. The van der Waals surface area contributed by atoms with Crippen molar-refractivity contribution < 1.29 is 19.1 Å². The van der Waals surface area contributed by atoms with Crippen molar-refractivity contribution >= 4 is 23.2 Å². The lowest BCUT2D eigenvalue weighted by molar-refractivity contribution is -0.119. The highest BCUT2D eigenvalue weighted by atomic mass is 16.7. The molecule has 0 fully saturated rings. The Hall–Kier alpha value is -3.88. The van der Waals surface area contributed by atoms with E-state index < -0.39 is 6.04 Å². The first-order chi connectivity index (χ1) is 13.6. The molecule has 3 aromatic rings. The zero-order valence-electron chi connectivity index (χ0n) is 15.0. The van der Waals surface area contributed by atoms with Gasteiger partial charge in [0, 0.05) is 16.9 Å². The van der Waals surface area contributed by atoms with Crippen molar-refractivity contribution in [1.29, 1.82) is 0 Å².